The number of hydrogen-bond donors (Lipinski definition) is 3. The highest BCUT2D eigenvalue weighted by atomic mass is 19.3. The van der Waals surface area contributed by atoms with Crippen LogP contribution in [0.4, 0.5) is 42.0 Å². The zero-order chi connectivity index (χ0) is 53.0. The molecule has 1 saturated carbocycles. The van der Waals surface area contributed by atoms with E-state index in [-0.39, 0.29) is 94.2 Å². The fraction of sp³-hybridized carbons (Fsp3) is 0.558. The number of imide groups is 2. The molecule has 0 radical (unpaired) electrons. The number of carbonyl (C=O) groups excluding carboxylic acids is 7. The number of halogens is 3. The Bertz CT molecular complexity index is 2780. The molecule has 22 heteroatoms. The molecule has 1 aliphatic carbocycles. The number of likely N-dealkylation sites (tertiary alicyclic amines) is 1. The quantitative estimate of drug-likeness (QED) is 0.179. The maximum atomic E-state index is 15.8. The summed E-state index contributed by atoms with van der Waals surface area (Å²) in [5, 5.41) is 8.03. The number of fused-ring (bicyclic) bond motifs is 2. The third-order valence-corrected chi connectivity index (χ3v) is 15.2. The first-order chi connectivity index (χ1) is 35.0. The van der Waals surface area contributed by atoms with Crippen LogP contribution in [0.2, 0.25) is 0 Å². The number of piperazine rings is 1. The van der Waals surface area contributed by atoms with Crippen LogP contribution in [0.3, 0.4) is 0 Å². The standard InChI is InChI=1S/C52H64F3N11O8/c1-50(2,27-51(3,4)28-62-18-20-63(21-19-62)36-13-9-12-32-42(36)47(72)66(46(32)71)37-14-15-40(67)59-45(37)70)24-41(68)64-17-16-30(26-64)57-44(69)33-22-39(74-6)35(23-34(33)53)58-49-56-25-38-43(60-49)65(31-10-7-8-11-31)29-52(54,55)48(73)61(38)5/h9,12-13,22-23,25,30-31,37H,7-8,10-11,14-21,24,26-29H2,1-6H3,(H,57,69)(H,56,58,60)(H,59,67,70)/t30-,37?/m0/s1. The Kier molecular flexibility index (Phi) is 14.1. The Hall–Kier alpha value is -6.84. The van der Waals surface area contributed by atoms with Crippen molar-refractivity contribution in [2.45, 2.75) is 110 Å². The molecule has 1 aromatic heterocycles. The molecule has 2 atom stereocenters. The lowest BCUT2D eigenvalue weighted by Gasteiger charge is -2.42. The summed E-state index contributed by atoms with van der Waals surface area (Å²) in [5.41, 5.74) is 0.514. The van der Waals surface area contributed by atoms with Crippen LogP contribution in [0.15, 0.2) is 36.5 Å². The number of piperidine rings is 1. The van der Waals surface area contributed by atoms with Gasteiger partial charge < -0.3 is 35.0 Å². The fourth-order valence-electron chi connectivity index (χ4n) is 12.0. The van der Waals surface area contributed by atoms with Crippen molar-refractivity contribution >= 4 is 70.2 Å². The first-order valence-electron chi connectivity index (χ1n) is 25.4. The molecule has 3 aromatic rings. The molecule has 396 valence electrons. The van der Waals surface area contributed by atoms with Gasteiger partial charge in [0.05, 0.1) is 47.9 Å². The Balaban J connectivity index is 0.766. The number of methoxy groups -OCH3 is 1. The molecule has 74 heavy (non-hydrogen) atoms. The van der Waals surface area contributed by atoms with E-state index in [1.165, 1.54) is 31.3 Å². The number of anilines is 5. The second-order valence-electron chi connectivity index (χ2n) is 22.1. The maximum Gasteiger partial charge on any atom is 0.342 e. The van der Waals surface area contributed by atoms with E-state index in [4.69, 9.17) is 4.74 Å². The first-order valence-corrected chi connectivity index (χ1v) is 25.4. The number of amides is 7. The summed E-state index contributed by atoms with van der Waals surface area (Å²) >= 11 is 0. The number of alkyl halides is 2. The molecule has 0 bridgehead atoms. The number of benzene rings is 2. The van der Waals surface area contributed by atoms with Crippen LogP contribution in [0.1, 0.15) is 117 Å². The van der Waals surface area contributed by atoms with Gasteiger partial charge >= 0.3 is 5.92 Å². The van der Waals surface area contributed by atoms with Gasteiger partial charge in [-0.25, -0.2) is 9.37 Å². The Labute approximate surface area is 427 Å². The summed E-state index contributed by atoms with van der Waals surface area (Å²) in [6, 6.07) is 5.76. The van der Waals surface area contributed by atoms with Gasteiger partial charge in [0.25, 0.3) is 23.6 Å². The van der Waals surface area contributed by atoms with Crippen molar-refractivity contribution in [3.8, 4) is 5.75 Å². The van der Waals surface area contributed by atoms with Gasteiger partial charge in [0, 0.05) is 83.9 Å². The summed E-state index contributed by atoms with van der Waals surface area (Å²) in [7, 11) is 2.60. The molecular formula is C52H64F3N11O8. The van der Waals surface area contributed by atoms with E-state index in [1.54, 1.807) is 17.0 Å². The SMILES string of the molecule is COc1cc(C(=O)N[C@H]2CCN(C(=O)CC(C)(C)CC(C)(C)CN3CCN(c4cccc5c4C(=O)N(C4CCC(=O)NC4=O)C5=O)CC3)C2)c(F)cc1Nc1ncc2c(n1)N(C1CCCC1)CC(F)(F)C(=O)N2C. The first kappa shape index (κ1) is 52.0. The molecule has 19 nitrogen and oxygen atoms in total. The van der Waals surface area contributed by atoms with Crippen molar-refractivity contribution in [1.29, 1.82) is 0 Å². The third kappa shape index (κ3) is 10.5. The van der Waals surface area contributed by atoms with Crippen molar-refractivity contribution in [1.82, 2.24) is 35.3 Å². The predicted molar refractivity (Wildman–Crippen MR) is 267 cm³/mol. The maximum absolute atomic E-state index is 15.8. The smallest absolute Gasteiger partial charge is 0.342 e. The van der Waals surface area contributed by atoms with Crippen LogP contribution in [0, 0.1) is 16.6 Å². The molecule has 3 N–H and O–H groups in total. The lowest BCUT2D eigenvalue weighted by molar-refractivity contribution is -0.140. The van der Waals surface area contributed by atoms with Crippen LogP contribution >= 0.6 is 0 Å². The van der Waals surface area contributed by atoms with E-state index >= 15 is 13.2 Å². The van der Waals surface area contributed by atoms with Gasteiger partial charge in [-0.15, -0.1) is 0 Å². The van der Waals surface area contributed by atoms with E-state index in [1.807, 2.05) is 6.07 Å². The van der Waals surface area contributed by atoms with Gasteiger partial charge in [-0.1, -0.05) is 46.6 Å². The molecule has 5 aliphatic heterocycles. The van der Waals surface area contributed by atoms with Gasteiger partial charge in [-0.2, -0.15) is 13.8 Å². The second kappa shape index (κ2) is 20.1. The molecule has 4 fully saturated rings. The van der Waals surface area contributed by atoms with Crippen molar-refractivity contribution < 1.29 is 51.5 Å². The van der Waals surface area contributed by atoms with Gasteiger partial charge in [-0.3, -0.25) is 48.7 Å². The van der Waals surface area contributed by atoms with Crippen LogP contribution in [0.25, 0.3) is 0 Å². The van der Waals surface area contributed by atoms with Crippen molar-refractivity contribution in [3.63, 3.8) is 0 Å². The number of hydrogen-bond acceptors (Lipinski definition) is 14. The van der Waals surface area contributed by atoms with Crippen molar-refractivity contribution in [3.05, 3.63) is 59.0 Å². The second-order valence-corrected chi connectivity index (χ2v) is 22.1. The molecule has 3 saturated heterocycles. The molecule has 2 aromatic carbocycles. The summed E-state index contributed by atoms with van der Waals surface area (Å²) in [6.07, 6.45) is 5.93. The minimum Gasteiger partial charge on any atom is -0.495 e. The predicted octanol–water partition coefficient (Wildman–Crippen LogP) is 5.12. The minimum absolute atomic E-state index is 0.0441. The number of nitrogens with zero attached hydrogens (tertiary/aromatic N) is 8. The van der Waals surface area contributed by atoms with E-state index < -0.39 is 65.8 Å². The van der Waals surface area contributed by atoms with Gasteiger partial charge in [0.1, 0.15) is 23.3 Å². The molecule has 6 aliphatic rings. The normalized spacial score (nSPS) is 21.7. The zero-order valence-electron chi connectivity index (χ0n) is 42.7. The number of ether oxygens (including phenoxy) is 1. The summed E-state index contributed by atoms with van der Waals surface area (Å²) in [4.78, 5) is 110. The average molecular weight is 1030 g/mol. The number of rotatable bonds is 14. The topological polar surface area (TPSA) is 210 Å². The largest absolute Gasteiger partial charge is 0.495 e. The molecule has 9 rings (SSSR count). The van der Waals surface area contributed by atoms with Gasteiger partial charge in [0.15, 0.2) is 5.82 Å². The lowest BCUT2D eigenvalue weighted by Crippen LogP contribution is -2.54. The monoisotopic (exact) mass is 1030 g/mol. The van der Waals surface area contributed by atoms with E-state index in [2.05, 4.69) is 63.4 Å². The zero-order valence-corrected chi connectivity index (χ0v) is 42.7. The van der Waals surface area contributed by atoms with Crippen LogP contribution in [-0.4, -0.2) is 157 Å². The fourth-order valence-corrected chi connectivity index (χ4v) is 12.0. The third-order valence-electron chi connectivity index (χ3n) is 15.2. The van der Waals surface area contributed by atoms with E-state index in [0.29, 0.717) is 57.7 Å². The molecular weight excluding hydrogens is 964 g/mol. The highest BCUT2D eigenvalue weighted by Crippen LogP contribution is 2.42. The number of carbonyl (C=O) groups is 7. The van der Waals surface area contributed by atoms with Crippen molar-refractivity contribution in [2.24, 2.45) is 10.8 Å². The van der Waals surface area contributed by atoms with Crippen molar-refractivity contribution in [2.75, 3.05) is 86.5 Å². The highest BCUT2D eigenvalue weighted by molar-refractivity contribution is 6.25. The van der Waals surface area contributed by atoms with Crippen LogP contribution in [0.5, 0.6) is 5.75 Å². The molecule has 0 spiro atoms. The van der Waals surface area contributed by atoms with E-state index in [9.17, 15) is 33.6 Å². The molecule has 1 unspecified atom stereocenters. The lowest BCUT2D eigenvalue weighted by atomic mass is 9.73. The summed E-state index contributed by atoms with van der Waals surface area (Å²) in [6.45, 7) is 11.7. The van der Waals surface area contributed by atoms with Crippen LogP contribution in [-0.2, 0) is 19.2 Å². The number of nitrogens with one attached hydrogen (secondary N) is 3. The highest BCUT2D eigenvalue weighted by Gasteiger charge is 2.50. The van der Waals surface area contributed by atoms with Gasteiger partial charge in [-0.05, 0) is 61.1 Å². The Morgan fingerprint density at radius 3 is 2.35 bits per heavy atom. The Morgan fingerprint density at radius 2 is 1.65 bits per heavy atom. The van der Waals surface area contributed by atoms with Gasteiger partial charge in [0.2, 0.25) is 23.7 Å². The van der Waals surface area contributed by atoms with E-state index in [0.717, 1.165) is 41.7 Å². The summed E-state index contributed by atoms with van der Waals surface area (Å²) in [5.74, 6) is -8.58. The number of aromatic nitrogens is 2. The molecule has 7 amide bonds. The van der Waals surface area contributed by atoms with Crippen LogP contribution < -0.4 is 35.4 Å². The Morgan fingerprint density at radius 1 is 0.919 bits per heavy atom. The minimum atomic E-state index is -3.66. The summed E-state index contributed by atoms with van der Waals surface area (Å²) < 4.78 is 51.6. The average Bonchev–Trinajstić information content (AvgIpc) is 4.10. The molecule has 6 heterocycles.